The summed E-state index contributed by atoms with van der Waals surface area (Å²) in [4.78, 5) is 23.3. The summed E-state index contributed by atoms with van der Waals surface area (Å²) in [6, 6.07) is 7.59. The van der Waals surface area contributed by atoms with Gasteiger partial charge in [0.25, 0.3) is 0 Å². The lowest BCUT2D eigenvalue weighted by Crippen LogP contribution is -2.03. The highest BCUT2D eigenvalue weighted by Gasteiger charge is 2.08. The normalized spacial score (nSPS) is 11.2. The molecule has 3 nitrogen and oxygen atoms in total. The van der Waals surface area contributed by atoms with E-state index in [0.29, 0.717) is 12.4 Å². The van der Waals surface area contributed by atoms with Crippen LogP contribution in [0.25, 0.3) is 10.1 Å². The molecule has 0 aliphatic carbocycles. The summed E-state index contributed by atoms with van der Waals surface area (Å²) in [7, 11) is 0. The maximum atomic E-state index is 11.8. The first kappa shape index (κ1) is 20.0. The average Bonchev–Trinajstić information content (AvgIpc) is 2.56. The van der Waals surface area contributed by atoms with Crippen LogP contribution in [0, 0.1) is 12.8 Å². The number of fused-ring (bicyclic) bond motifs is 1. The zero-order valence-corrected chi connectivity index (χ0v) is 16.8. The van der Waals surface area contributed by atoms with Crippen molar-refractivity contribution >= 4 is 38.3 Å². The summed E-state index contributed by atoms with van der Waals surface area (Å²) in [6.45, 7) is 6.55. The van der Waals surface area contributed by atoms with E-state index in [-0.39, 0.29) is 15.8 Å². The van der Waals surface area contributed by atoms with Crippen molar-refractivity contribution in [2.75, 3.05) is 12.4 Å². The van der Waals surface area contributed by atoms with Crippen molar-refractivity contribution in [2.24, 2.45) is 5.92 Å². The van der Waals surface area contributed by atoms with E-state index in [1.165, 1.54) is 23.1 Å². The van der Waals surface area contributed by atoms with Gasteiger partial charge in [0.15, 0.2) is 5.12 Å². The highest BCUT2D eigenvalue weighted by molar-refractivity contribution is 8.13. The SMILES string of the molecule is Cc1cccc2sc(=O)cc(OCCCCCCSC(=O)C(C)C)c12. The Morgan fingerprint density at radius 2 is 1.96 bits per heavy atom. The maximum absolute atomic E-state index is 11.8. The molecule has 0 aliphatic rings. The van der Waals surface area contributed by atoms with Crippen LogP contribution in [0.3, 0.4) is 0 Å². The van der Waals surface area contributed by atoms with E-state index in [0.717, 1.165) is 47.1 Å². The summed E-state index contributed by atoms with van der Waals surface area (Å²) < 4.78 is 6.91. The van der Waals surface area contributed by atoms with Gasteiger partial charge >= 0.3 is 0 Å². The van der Waals surface area contributed by atoms with Crippen LogP contribution < -0.4 is 9.48 Å². The Labute approximate surface area is 157 Å². The molecule has 2 aromatic rings. The highest BCUT2D eigenvalue weighted by Crippen LogP contribution is 2.29. The number of aryl methyl sites for hydroxylation is 1. The molecule has 0 saturated heterocycles. The highest BCUT2D eigenvalue weighted by atomic mass is 32.2. The molecule has 1 heterocycles. The molecule has 0 amide bonds. The van der Waals surface area contributed by atoms with Crippen molar-refractivity contribution in [1.29, 1.82) is 0 Å². The van der Waals surface area contributed by atoms with Crippen LogP contribution in [0.2, 0.25) is 0 Å². The number of carbonyl (C=O) groups excluding carboxylic acids is 1. The van der Waals surface area contributed by atoms with Gasteiger partial charge in [-0.3, -0.25) is 9.59 Å². The van der Waals surface area contributed by atoms with Gasteiger partial charge in [-0.05, 0) is 31.4 Å². The predicted octanol–water partition coefficient (Wildman–Crippen LogP) is 5.42. The van der Waals surface area contributed by atoms with Crippen LogP contribution in [0.5, 0.6) is 5.75 Å². The molecule has 0 fully saturated rings. The minimum Gasteiger partial charge on any atom is -0.493 e. The summed E-state index contributed by atoms with van der Waals surface area (Å²) in [5.41, 5.74) is 1.13. The fourth-order valence-corrected chi connectivity index (χ4v) is 4.33. The van der Waals surface area contributed by atoms with Gasteiger partial charge in [0.2, 0.25) is 4.74 Å². The Morgan fingerprint density at radius 3 is 2.72 bits per heavy atom. The molecule has 1 aromatic heterocycles. The zero-order chi connectivity index (χ0) is 18.2. The van der Waals surface area contributed by atoms with E-state index >= 15 is 0 Å². The largest absolute Gasteiger partial charge is 0.493 e. The Kier molecular flexibility index (Phi) is 7.97. The quantitative estimate of drug-likeness (QED) is 0.546. The third kappa shape index (κ3) is 6.15. The van der Waals surface area contributed by atoms with Crippen LogP contribution in [0.15, 0.2) is 29.1 Å². The molecule has 5 heteroatoms. The second-order valence-electron chi connectivity index (χ2n) is 6.46. The van der Waals surface area contributed by atoms with Gasteiger partial charge in [-0.15, -0.1) is 0 Å². The zero-order valence-electron chi connectivity index (χ0n) is 15.2. The minimum atomic E-state index is 0.0277. The number of carbonyl (C=O) groups is 1. The second-order valence-corrected chi connectivity index (χ2v) is 8.61. The monoisotopic (exact) mass is 378 g/mol. The van der Waals surface area contributed by atoms with Crippen molar-refractivity contribution in [1.82, 2.24) is 0 Å². The summed E-state index contributed by atoms with van der Waals surface area (Å²) in [5, 5.41) is 1.33. The number of ether oxygens (including phenoxy) is 1. The molecule has 0 unspecified atom stereocenters. The number of thioether (sulfide) groups is 1. The fraction of sp³-hybridized carbons (Fsp3) is 0.500. The number of hydrogen-bond acceptors (Lipinski definition) is 5. The Morgan fingerprint density at radius 1 is 1.20 bits per heavy atom. The van der Waals surface area contributed by atoms with E-state index in [4.69, 9.17) is 4.74 Å². The Bertz CT molecular complexity index is 765. The van der Waals surface area contributed by atoms with Crippen molar-refractivity contribution in [3.8, 4) is 5.75 Å². The first-order valence-electron chi connectivity index (χ1n) is 8.82. The third-order valence-corrected chi connectivity index (χ3v) is 6.08. The average molecular weight is 379 g/mol. The smallest absolute Gasteiger partial charge is 0.236 e. The van der Waals surface area contributed by atoms with Crippen molar-refractivity contribution in [2.45, 2.75) is 46.5 Å². The van der Waals surface area contributed by atoms with E-state index < -0.39 is 0 Å². The van der Waals surface area contributed by atoms with Gasteiger partial charge in [0.1, 0.15) is 5.75 Å². The fourth-order valence-electron chi connectivity index (χ4n) is 2.55. The first-order chi connectivity index (χ1) is 12.0. The van der Waals surface area contributed by atoms with Crippen LogP contribution >= 0.6 is 23.1 Å². The maximum Gasteiger partial charge on any atom is 0.236 e. The van der Waals surface area contributed by atoms with Gasteiger partial charge in [-0.25, -0.2) is 0 Å². The Balaban J connectivity index is 1.75. The van der Waals surface area contributed by atoms with Gasteiger partial charge < -0.3 is 4.74 Å². The summed E-state index contributed by atoms with van der Waals surface area (Å²) >= 11 is 2.71. The Hall–Kier alpha value is -1.33. The molecule has 0 saturated carbocycles. The van der Waals surface area contributed by atoms with Crippen molar-refractivity contribution in [3.05, 3.63) is 39.4 Å². The first-order valence-corrected chi connectivity index (χ1v) is 10.6. The van der Waals surface area contributed by atoms with Gasteiger partial charge in [0.05, 0.1) is 6.61 Å². The molecule has 2 rings (SSSR count). The lowest BCUT2D eigenvalue weighted by molar-refractivity contribution is -0.113. The van der Waals surface area contributed by atoms with Gasteiger partial charge in [0, 0.05) is 27.8 Å². The van der Waals surface area contributed by atoms with Gasteiger partial charge in [-0.2, -0.15) is 0 Å². The third-order valence-electron chi connectivity index (χ3n) is 3.95. The molecule has 0 spiro atoms. The molecule has 0 atom stereocenters. The van der Waals surface area contributed by atoms with E-state index in [1.54, 1.807) is 6.07 Å². The lowest BCUT2D eigenvalue weighted by Gasteiger charge is -2.10. The van der Waals surface area contributed by atoms with Gasteiger partial charge in [-0.1, -0.05) is 61.9 Å². The molecule has 1 aromatic carbocycles. The molecule has 0 aliphatic heterocycles. The molecule has 136 valence electrons. The molecule has 0 bridgehead atoms. The van der Waals surface area contributed by atoms with Crippen molar-refractivity contribution in [3.63, 3.8) is 0 Å². The lowest BCUT2D eigenvalue weighted by atomic mass is 10.1. The van der Waals surface area contributed by atoms with E-state index in [9.17, 15) is 9.59 Å². The van der Waals surface area contributed by atoms with Crippen LogP contribution in [0.4, 0.5) is 0 Å². The van der Waals surface area contributed by atoms with E-state index in [1.807, 2.05) is 39.0 Å². The molecule has 0 radical (unpaired) electrons. The number of hydrogen-bond donors (Lipinski definition) is 0. The molecular weight excluding hydrogens is 352 g/mol. The standard InChI is InChI=1S/C20H26O3S2/c1-14(2)20(22)24-12-7-5-4-6-11-23-16-13-18(21)25-17-10-8-9-15(3)19(16)17/h8-10,13-14H,4-7,11-12H2,1-3H3. The number of rotatable bonds is 9. The molecule has 0 N–H and O–H groups in total. The number of unbranched alkanes of at least 4 members (excludes halogenated alkanes) is 3. The minimum absolute atomic E-state index is 0.0277. The molecular formula is C20H26O3S2. The molecule has 25 heavy (non-hydrogen) atoms. The summed E-state index contributed by atoms with van der Waals surface area (Å²) in [5.74, 6) is 1.73. The van der Waals surface area contributed by atoms with Crippen LogP contribution in [-0.2, 0) is 4.79 Å². The summed E-state index contributed by atoms with van der Waals surface area (Å²) in [6.07, 6.45) is 4.20. The predicted molar refractivity (Wildman–Crippen MR) is 109 cm³/mol. The van der Waals surface area contributed by atoms with Crippen LogP contribution in [-0.4, -0.2) is 17.5 Å². The topological polar surface area (TPSA) is 43.4 Å². The van der Waals surface area contributed by atoms with Crippen LogP contribution in [0.1, 0.15) is 45.1 Å². The van der Waals surface area contributed by atoms with Crippen molar-refractivity contribution < 1.29 is 9.53 Å². The van der Waals surface area contributed by atoms with E-state index in [2.05, 4.69) is 0 Å². The number of benzene rings is 1. The second kappa shape index (κ2) is 9.97.